The number of benzene rings is 1. The maximum absolute atomic E-state index is 12.2. The molecule has 2 heteroatoms. The third kappa shape index (κ3) is 2.79. The highest BCUT2D eigenvalue weighted by atomic mass is 32.1. The van der Waals surface area contributed by atoms with Gasteiger partial charge in [0.1, 0.15) is 0 Å². The Morgan fingerprint density at radius 1 is 0.947 bits per heavy atom. The van der Waals surface area contributed by atoms with Crippen LogP contribution < -0.4 is 0 Å². The molecule has 0 amide bonds. The van der Waals surface area contributed by atoms with E-state index >= 15 is 0 Å². The van der Waals surface area contributed by atoms with Crippen molar-refractivity contribution in [2.75, 3.05) is 0 Å². The molecule has 1 heterocycles. The lowest BCUT2D eigenvalue weighted by molar-refractivity contribution is 0.103. The predicted molar refractivity (Wildman–Crippen MR) is 80.0 cm³/mol. The number of carbonyl (C=O) groups excluding carboxylic acids is 1. The van der Waals surface area contributed by atoms with Crippen molar-refractivity contribution in [2.24, 2.45) is 0 Å². The fourth-order valence-electron chi connectivity index (χ4n) is 2.90. The van der Waals surface area contributed by atoms with Crippen molar-refractivity contribution < 1.29 is 4.79 Å². The van der Waals surface area contributed by atoms with Gasteiger partial charge in [0.15, 0.2) is 5.78 Å². The molecule has 3 rings (SSSR count). The van der Waals surface area contributed by atoms with E-state index < -0.39 is 0 Å². The van der Waals surface area contributed by atoms with Crippen LogP contribution in [-0.4, -0.2) is 5.78 Å². The topological polar surface area (TPSA) is 17.1 Å². The van der Waals surface area contributed by atoms with Gasteiger partial charge in [-0.2, -0.15) is 11.3 Å². The average molecular weight is 270 g/mol. The maximum Gasteiger partial charge on any atom is 0.193 e. The van der Waals surface area contributed by atoms with E-state index in [1.54, 1.807) is 11.3 Å². The summed E-state index contributed by atoms with van der Waals surface area (Å²) < 4.78 is 0. The van der Waals surface area contributed by atoms with E-state index in [1.807, 2.05) is 29.0 Å². The van der Waals surface area contributed by atoms with Gasteiger partial charge >= 0.3 is 0 Å². The Morgan fingerprint density at radius 2 is 1.68 bits per heavy atom. The number of thiophene rings is 1. The number of ketones is 1. The molecule has 1 nitrogen and oxygen atoms in total. The Hall–Kier alpha value is -1.41. The Kier molecular flexibility index (Phi) is 3.79. The minimum atomic E-state index is 0.136. The second kappa shape index (κ2) is 5.70. The first kappa shape index (κ1) is 12.6. The summed E-state index contributed by atoms with van der Waals surface area (Å²) in [5.41, 5.74) is 3.01. The lowest BCUT2D eigenvalue weighted by Gasteiger charge is -2.22. The Balaban J connectivity index is 1.77. The van der Waals surface area contributed by atoms with Crippen molar-refractivity contribution in [3.8, 4) is 0 Å². The highest BCUT2D eigenvalue weighted by molar-refractivity contribution is 7.08. The molecule has 0 N–H and O–H groups in total. The van der Waals surface area contributed by atoms with Crippen LogP contribution in [-0.2, 0) is 0 Å². The molecular formula is C17H18OS. The lowest BCUT2D eigenvalue weighted by atomic mass is 9.84. The van der Waals surface area contributed by atoms with Crippen LogP contribution in [0.1, 0.15) is 59.5 Å². The van der Waals surface area contributed by atoms with Gasteiger partial charge < -0.3 is 0 Å². The molecule has 1 saturated carbocycles. The zero-order valence-electron chi connectivity index (χ0n) is 11.0. The largest absolute Gasteiger partial charge is 0.289 e. The van der Waals surface area contributed by atoms with Gasteiger partial charge in [0.05, 0.1) is 0 Å². The summed E-state index contributed by atoms with van der Waals surface area (Å²) in [7, 11) is 0. The standard InChI is InChI=1S/C17H18OS/c18-17(16-10-11-19-12-16)15-8-6-14(7-9-15)13-4-2-1-3-5-13/h6-13H,1-5H2. The average Bonchev–Trinajstić information content (AvgIpc) is 3.02. The van der Waals surface area contributed by atoms with Crippen LogP contribution in [0.5, 0.6) is 0 Å². The number of carbonyl (C=O) groups is 1. The summed E-state index contributed by atoms with van der Waals surface area (Å²) in [4.78, 5) is 12.2. The van der Waals surface area contributed by atoms with E-state index in [2.05, 4.69) is 12.1 Å². The fraction of sp³-hybridized carbons (Fsp3) is 0.353. The van der Waals surface area contributed by atoms with E-state index in [0.717, 1.165) is 11.1 Å². The quantitative estimate of drug-likeness (QED) is 0.715. The summed E-state index contributed by atoms with van der Waals surface area (Å²) in [6, 6.07) is 10.2. The van der Waals surface area contributed by atoms with Crippen molar-refractivity contribution in [3.63, 3.8) is 0 Å². The van der Waals surface area contributed by atoms with Crippen LogP contribution in [0.2, 0.25) is 0 Å². The molecule has 1 aromatic heterocycles. The molecule has 0 atom stereocenters. The fourth-order valence-corrected chi connectivity index (χ4v) is 3.54. The second-order valence-electron chi connectivity index (χ2n) is 5.30. The lowest BCUT2D eigenvalue weighted by Crippen LogP contribution is -2.05. The highest BCUT2D eigenvalue weighted by Crippen LogP contribution is 2.32. The SMILES string of the molecule is O=C(c1ccc(C2CCCCC2)cc1)c1ccsc1. The normalized spacial score (nSPS) is 16.4. The van der Waals surface area contributed by atoms with Gasteiger partial charge in [-0.25, -0.2) is 0 Å². The summed E-state index contributed by atoms with van der Waals surface area (Å²) in [5, 5.41) is 3.86. The monoisotopic (exact) mass is 270 g/mol. The van der Waals surface area contributed by atoms with Crippen LogP contribution in [0.15, 0.2) is 41.1 Å². The van der Waals surface area contributed by atoms with Gasteiger partial charge in [-0.1, -0.05) is 43.5 Å². The zero-order valence-corrected chi connectivity index (χ0v) is 11.8. The Morgan fingerprint density at radius 3 is 2.32 bits per heavy atom. The smallest absolute Gasteiger partial charge is 0.193 e. The van der Waals surface area contributed by atoms with Gasteiger partial charge in [0.2, 0.25) is 0 Å². The minimum Gasteiger partial charge on any atom is -0.289 e. The number of hydrogen-bond donors (Lipinski definition) is 0. The van der Waals surface area contributed by atoms with Crippen molar-refractivity contribution in [2.45, 2.75) is 38.0 Å². The van der Waals surface area contributed by atoms with E-state index in [1.165, 1.54) is 37.7 Å². The molecule has 0 saturated heterocycles. The molecule has 1 aromatic carbocycles. The molecule has 98 valence electrons. The van der Waals surface area contributed by atoms with Gasteiger partial charge in [0.25, 0.3) is 0 Å². The summed E-state index contributed by atoms with van der Waals surface area (Å²) in [5.74, 6) is 0.843. The third-order valence-electron chi connectivity index (χ3n) is 4.03. The first-order chi connectivity index (χ1) is 9.34. The van der Waals surface area contributed by atoms with E-state index in [9.17, 15) is 4.79 Å². The van der Waals surface area contributed by atoms with Crippen molar-refractivity contribution in [3.05, 3.63) is 57.8 Å². The molecule has 1 aliphatic carbocycles. The van der Waals surface area contributed by atoms with Crippen LogP contribution in [0.25, 0.3) is 0 Å². The molecule has 0 aliphatic heterocycles. The summed E-state index contributed by atoms with van der Waals surface area (Å²) >= 11 is 1.57. The van der Waals surface area contributed by atoms with Crippen LogP contribution >= 0.6 is 11.3 Å². The molecule has 0 spiro atoms. The van der Waals surface area contributed by atoms with Gasteiger partial charge in [-0.3, -0.25) is 4.79 Å². The minimum absolute atomic E-state index is 0.136. The maximum atomic E-state index is 12.2. The van der Waals surface area contributed by atoms with Crippen molar-refractivity contribution >= 4 is 17.1 Å². The molecule has 1 fully saturated rings. The summed E-state index contributed by atoms with van der Waals surface area (Å²) in [6.45, 7) is 0. The van der Waals surface area contributed by atoms with E-state index in [0.29, 0.717) is 5.92 Å². The van der Waals surface area contributed by atoms with Gasteiger partial charge in [-0.15, -0.1) is 0 Å². The van der Waals surface area contributed by atoms with Crippen molar-refractivity contribution in [1.29, 1.82) is 0 Å². The second-order valence-corrected chi connectivity index (χ2v) is 6.08. The van der Waals surface area contributed by atoms with Crippen LogP contribution in [0.4, 0.5) is 0 Å². The van der Waals surface area contributed by atoms with Crippen molar-refractivity contribution in [1.82, 2.24) is 0 Å². The first-order valence-electron chi connectivity index (χ1n) is 7.01. The highest BCUT2D eigenvalue weighted by Gasteiger charge is 2.16. The predicted octanol–water partition coefficient (Wildman–Crippen LogP) is 5.03. The molecule has 0 unspecified atom stereocenters. The molecule has 0 radical (unpaired) electrons. The molecule has 1 aliphatic rings. The Bertz CT molecular complexity index is 533. The van der Waals surface area contributed by atoms with Crippen LogP contribution in [0.3, 0.4) is 0 Å². The molecule has 0 bridgehead atoms. The van der Waals surface area contributed by atoms with E-state index in [4.69, 9.17) is 0 Å². The third-order valence-corrected chi connectivity index (χ3v) is 4.72. The number of hydrogen-bond acceptors (Lipinski definition) is 2. The van der Waals surface area contributed by atoms with Gasteiger partial charge in [-0.05, 0) is 35.8 Å². The summed E-state index contributed by atoms with van der Waals surface area (Å²) in [6.07, 6.45) is 6.68. The Labute approximate surface area is 118 Å². The molecular weight excluding hydrogens is 252 g/mol. The van der Waals surface area contributed by atoms with E-state index in [-0.39, 0.29) is 5.78 Å². The number of rotatable bonds is 3. The molecule has 19 heavy (non-hydrogen) atoms. The first-order valence-corrected chi connectivity index (χ1v) is 7.96. The zero-order chi connectivity index (χ0) is 13.1. The van der Waals surface area contributed by atoms with Crippen LogP contribution in [0, 0.1) is 0 Å². The van der Waals surface area contributed by atoms with Gasteiger partial charge in [0, 0.05) is 16.5 Å². The molecule has 2 aromatic rings.